The highest BCUT2D eigenvalue weighted by Crippen LogP contribution is 2.45. The van der Waals surface area contributed by atoms with Gasteiger partial charge in [-0.05, 0) is 63.8 Å². The van der Waals surface area contributed by atoms with Gasteiger partial charge in [0.05, 0.1) is 29.8 Å². The third kappa shape index (κ3) is 5.46. The van der Waals surface area contributed by atoms with Crippen molar-refractivity contribution >= 4 is 33.4 Å². The maximum absolute atomic E-state index is 13.4. The van der Waals surface area contributed by atoms with E-state index in [0.717, 1.165) is 12.8 Å². The van der Waals surface area contributed by atoms with E-state index < -0.39 is 17.7 Å². The van der Waals surface area contributed by atoms with Crippen molar-refractivity contribution in [2.24, 2.45) is 0 Å². The summed E-state index contributed by atoms with van der Waals surface area (Å²) in [6, 6.07) is 12.5. The molecule has 0 bridgehead atoms. The van der Waals surface area contributed by atoms with E-state index in [0.29, 0.717) is 33.5 Å². The Morgan fingerprint density at radius 2 is 1.97 bits per heavy atom. The van der Waals surface area contributed by atoms with E-state index in [4.69, 9.17) is 9.47 Å². The summed E-state index contributed by atoms with van der Waals surface area (Å²) in [6.07, 6.45) is 5.09. The van der Waals surface area contributed by atoms with Crippen LogP contribution in [-0.4, -0.2) is 45.5 Å². The smallest absolute Gasteiger partial charge is 0.295 e. The number of hydrogen-bond donors (Lipinski definition) is 2. The van der Waals surface area contributed by atoms with E-state index in [2.05, 4.69) is 27.8 Å². The number of rotatable bonds is 9. The Kier molecular flexibility index (Phi) is 8.13. The highest BCUT2D eigenvalue weighted by Gasteiger charge is 2.46. The number of aromatic nitrogens is 1. The first-order valence-corrected chi connectivity index (χ1v) is 12.6. The van der Waals surface area contributed by atoms with Crippen LogP contribution in [0.15, 0.2) is 71.0 Å². The number of likely N-dealkylation sites (tertiary alicyclic amines) is 1. The fourth-order valence-corrected chi connectivity index (χ4v) is 4.67. The van der Waals surface area contributed by atoms with Gasteiger partial charge in [-0.15, -0.1) is 0 Å². The molecule has 1 aromatic heterocycles. The zero-order valence-electron chi connectivity index (χ0n) is 20.5. The number of ketones is 1. The van der Waals surface area contributed by atoms with Crippen molar-refractivity contribution in [3.63, 3.8) is 0 Å². The van der Waals surface area contributed by atoms with Crippen LogP contribution in [0.5, 0.6) is 17.2 Å². The average Bonchev–Trinajstić information content (AvgIpc) is 3.15. The van der Waals surface area contributed by atoms with Crippen LogP contribution in [0.1, 0.15) is 42.5 Å². The largest absolute Gasteiger partial charge is 0.507 e. The summed E-state index contributed by atoms with van der Waals surface area (Å²) < 4.78 is 11.4. The van der Waals surface area contributed by atoms with Gasteiger partial charge in [-0.1, -0.05) is 31.5 Å². The lowest BCUT2D eigenvalue weighted by Crippen LogP contribution is -2.29. The normalized spacial score (nSPS) is 16.7. The van der Waals surface area contributed by atoms with E-state index in [1.165, 1.54) is 12.0 Å². The first-order chi connectivity index (χ1) is 17.8. The number of Topliss-reactive ketones (excluding diaryl/α,β-unsaturated/α-hetero) is 1. The Labute approximate surface area is 223 Å². The van der Waals surface area contributed by atoms with Crippen LogP contribution in [0.4, 0.5) is 0 Å². The van der Waals surface area contributed by atoms with Crippen molar-refractivity contribution in [3.8, 4) is 17.2 Å². The van der Waals surface area contributed by atoms with Crippen molar-refractivity contribution in [1.29, 1.82) is 0 Å². The van der Waals surface area contributed by atoms with Gasteiger partial charge in [0.1, 0.15) is 11.5 Å². The maximum Gasteiger partial charge on any atom is 0.295 e. The Morgan fingerprint density at radius 1 is 1.16 bits per heavy atom. The lowest BCUT2D eigenvalue weighted by Gasteiger charge is -2.26. The molecular weight excluding hydrogens is 540 g/mol. The van der Waals surface area contributed by atoms with Crippen LogP contribution in [0.25, 0.3) is 5.76 Å². The lowest BCUT2D eigenvalue weighted by molar-refractivity contribution is -0.140. The number of aromatic hydroxyl groups is 1. The monoisotopic (exact) mass is 566 g/mol. The zero-order valence-corrected chi connectivity index (χ0v) is 22.1. The molecule has 0 radical (unpaired) electrons. The molecule has 1 saturated heterocycles. The molecule has 1 fully saturated rings. The number of hydrogen-bond acceptors (Lipinski definition) is 7. The Balaban J connectivity index is 1.85. The second-order valence-corrected chi connectivity index (χ2v) is 9.43. The number of aliphatic hydroxyl groups is 1. The molecule has 192 valence electrons. The van der Waals surface area contributed by atoms with E-state index in [9.17, 15) is 19.8 Å². The first-order valence-electron chi connectivity index (χ1n) is 11.8. The van der Waals surface area contributed by atoms with Crippen molar-refractivity contribution in [2.45, 2.75) is 32.4 Å². The van der Waals surface area contributed by atoms with Gasteiger partial charge in [0.2, 0.25) is 0 Å². The van der Waals surface area contributed by atoms with Gasteiger partial charge in [-0.2, -0.15) is 0 Å². The number of carbonyl (C=O) groups is 2. The van der Waals surface area contributed by atoms with Gasteiger partial charge in [0, 0.05) is 24.5 Å². The lowest BCUT2D eigenvalue weighted by atomic mass is 9.94. The molecule has 1 atom stereocenters. The van der Waals surface area contributed by atoms with E-state index in [-0.39, 0.29) is 29.4 Å². The minimum absolute atomic E-state index is 0.0701. The van der Waals surface area contributed by atoms with Crippen molar-refractivity contribution in [1.82, 2.24) is 9.88 Å². The molecule has 2 N–H and O–H groups in total. The summed E-state index contributed by atoms with van der Waals surface area (Å²) in [5.41, 5.74) is 1.47. The number of pyridine rings is 1. The molecule has 8 nitrogen and oxygen atoms in total. The van der Waals surface area contributed by atoms with Gasteiger partial charge in [0.25, 0.3) is 11.7 Å². The second-order valence-electron chi connectivity index (χ2n) is 8.57. The molecule has 0 saturated carbocycles. The topological polar surface area (TPSA) is 109 Å². The summed E-state index contributed by atoms with van der Waals surface area (Å²) >= 11 is 3.32. The van der Waals surface area contributed by atoms with Crippen LogP contribution >= 0.6 is 15.9 Å². The quantitative estimate of drug-likeness (QED) is 0.155. The number of unbranched alkanes of at least 4 members (excludes halogenated alkanes) is 1. The minimum Gasteiger partial charge on any atom is -0.507 e. The van der Waals surface area contributed by atoms with Crippen LogP contribution in [-0.2, 0) is 16.1 Å². The highest BCUT2D eigenvalue weighted by molar-refractivity contribution is 9.10. The van der Waals surface area contributed by atoms with Crippen LogP contribution in [0, 0.1) is 0 Å². The van der Waals surface area contributed by atoms with Gasteiger partial charge in [-0.3, -0.25) is 14.6 Å². The summed E-state index contributed by atoms with van der Waals surface area (Å²) in [5.74, 6) is -1.30. The fourth-order valence-electron chi connectivity index (χ4n) is 4.21. The van der Waals surface area contributed by atoms with Gasteiger partial charge >= 0.3 is 0 Å². The number of carbonyl (C=O) groups excluding carboxylic acids is 2. The molecule has 1 aliphatic heterocycles. The summed E-state index contributed by atoms with van der Waals surface area (Å²) in [5, 5.41) is 21.7. The first kappa shape index (κ1) is 26.2. The molecule has 1 aliphatic rings. The van der Waals surface area contributed by atoms with E-state index in [1.807, 2.05) is 0 Å². The summed E-state index contributed by atoms with van der Waals surface area (Å²) in [6.45, 7) is 2.67. The molecule has 1 amide bonds. The number of phenolic OH excluding ortho intramolecular Hbond substituents is 1. The van der Waals surface area contributed by atoms with Crippen LogP contribution in [0.3, 0.4) is 0 Å². The fraction of sp³-hybridized carbons (Fsp3) is 0.250. The Bertz CT molecular complexity index is 1340. The number of amides is 1. The Hall–Kier alpha value is -3.85. The molecular formula is C28H27BrN2O6. The summed E-state index contributed by atoms with van der Waals surface area (Å²) in [4.78, 5) is 32.1. The second kappa shape index (κ2) is 11.5. The molecule has 1 unspecified atom stereocenters. The highest BCUT2D eigenvalue weighted by atomic mass is 79.9. The van der Waals surface area contributed by atoms with Gasteiger partial charge < -0.3 is 24.6 Å². The van der Waals surface area contributed by atoms with Crippen molar-refractivity contribution in [3.05, 3.63) is 87.7 Å². The molecule has 2 aromatic carbocycles. The summed E-state index contributed by atoms with van der Waals surface area (Å²) in [7, 11) is 1.40. The average molecular weight is 567 g/mol. The molecule has 9 heteroatoms. The van der Waals surface area contributed by atoms with Crippen LogP contribution in [0.2, 0.25) is 0 Å². The predicted molar refractivity (Wildman–Crippen MR) is 141 cm³/mol. The van der Waals surface area contributed by atoms with Crippen molar-refractivity contribution in [2.75, 3.05) is 13.7 Å². The zero-order chi connectivity index (χ0) is 26.5. The van der Waals surface area contributed by atoms with E-state index >= 15 is 0 Å². The number of nitrogens with zero attached hydrogens (tertiary/aromatic N) is 2. The number of phenols is 1. The number of methoxy groups -OCH3 is 1. The van der Waals surface area contributed by atoms with Crippen molar-refractivity contribution < 1.29 is 29.3 Å². The number of benzene rings is 2. The molecule has 2 heterocycles. The number of ether oxygens (including phenoxy) is 2. The SMILES string of the molecule is CCCCOc1cccc(C(O)=C2C(=O)C(=O)N(Cc3cccnc3)C2c2cc(Br)c(O)c(OC)c2)c1. The molecule has 37 heavy (non-hydrogen) atoms. The van der Waals surface area contributed by atoms with Gasteiger partial charge in [0.15, 0.2) is 11.5 Å². The standard InChI is InChI=1S/C28H27BrN2O6/c1-3-4-11-37-20-9-5-8-18(12-20)25(32)23-24(19-13-21(29)26(33)22(14-19)36-2)31(28(35)27(23)34)16-17-7-6-10-30-15-17/h5-10,12-15,24,32-33H,3-4,11,16H2,1-2H3. The van der Waals surface area contributed by atoms with Gasteiger partial charge in [-0.25, -0.2) is 0 Å². The third-order valence-corrected chi connectivity index (χ3v) is 6.68. The third-order valence-electron chi connectivity index (χ3n) is 6.08. The molecule has 3 aromatic rings. The molecule has 4 rings (SSSR count). The van der Waals surface area contributed by atoms with E-state index in [1.54, 1.807) is 60.9 Å². The predicted octanol–water partition coefficient (Wildman–Crippen LogP) is 5.36. The Morgan fingerprint density at radius 3 is 2.68 bits per heavy atom. The molecule has 0 aliphatic carbocycles. The maximum atomic E-state index is 13.4. The molecule has 0 spiro atoms. The van der Waals surface area contributed by atoms with Crippen LogP contribution < -0.4 is 9.47 Å². The number of aliphatic hydroxyl groups excluding tert-OH is 1. The minimum atomic E-state index is -0.948. The number of halogens is 1.